The van der Waals surface area contributed by atoms with Gasteiger partial charge in [0.1, 0.15) is 0 Å². The van der Waals surface area contributed by atoms with Crippen LogP contribution in [0, 0.1) is 0 Å². The van der Waals surface area contributed by atoms with Crippen molar-refractivity contribution < 1.29 is 19.1 Å². The number of carbonyl (C=O) groups is 2. The van der Waals surface area contributed by atoms with Gasteiger partial charge in [0.25, 0.3) is 0 Å². The number of carboxylic acids is 1. The molecule has 3 rings (SSSR count). The molecule has 2 aromatic carbocycles. The van der Waals surface area contributed by atoms with Gasteiger partial charge in [0.2, 0.25) is 0 Å². The van der Waals surface area contributed by atoms with Crippen LogP contribution < -0.4 is 4.35 Å². The third-order valence-corrected chi connectivity index (χ3v) is 6.55. The number of aromatic carboxylic acids is 1. The normalized spacial score (nSPS) is 11.1. The molecule has 1 unspecified atom stereocenters. The van der Waals surface area contributed by atoms with Crippen molar-refractivity contribution in [3.63, 3.8) is 0 Å². The van der Waals surface area contributed by atoms with Crippen molar-refractivity contribution in [3.05, 3.63) is 76.0 Å². The molecule has 25 heavy (non-hydrogen) atoms. The zero-order chi connectivity index (χ0) is 18.0. The van der Waals surface area contributed by atoms with Gasteiger partial charge in [0.15, 0.2) is 0 Å². The molecule has 0 aliphatic heterocycles. The fraction of sp³-hybridized carbons (Fsp3) is 0. The van der Waals surface area contributed by atoms with E-state index >= 15 is 0 Å². The maximum absolute atomic E-state index is 12.6. The van der Waals surface area contributed by atoms with Gasteiger partial charge in [-0.15, -0.1) is 0 Å². The Bertz CT molecular complexity index is 952. The van der Waals surface area contributed by atoms with Crippen LogP contribution in [0.3, 0.4) is 0 Å². The van der Waals surface area contributed by atoms with Gasteiger partial charge in [-0.1, -0.05) is 0 Å². The van der Waals surface area contributed by atoms with Crippen LogP contribution in [0.15, 0.2) is 59.2 Å². The zero-order valence-corrected chi connectivity index (χ0v) is 16.2. The molecule has 0 amide bonds. The van der Waals surface area contributed by atoms with E-state index in [4.69, 9.17) is 27.6 Å². The third-order valence-electron chi connectivity index (χ3n) is 3.48. The third kappa shape index (κ3) is 3.98. The molecule has 3 aromatic rings. The summed E-state index contributed by atoms with van der Waals surface area (Å²) in [7, 11) is 0. The summed E-state index contributed by atoms with van der Waals surface area (Å²) in [5.41, 5.74) is 1.11. The summed E-state index contributed by atoms with van der Waals surface area (Å²) in [6, 6.07) is 13.1. The van der Waals surface area contributed by atoms with E-state index in [1.165, 1.54) is 18.4 Å². The van der Waals surface area contributed by atoms with Crippen molar-refractivity contribution in [2.45, 2.75) is 0 Å². The van der Waals surface area contributed by atoms with Gasteiger partial charge in [0, 0.05) is 0 Å². The average Bonchev–Trinajstić information content (AvgIpc) is 3.09. The summed E-state index contributed by atoms with van der Waals surface area (Å²) in [5.74, 6) is -0.511. The number of benzene rings is 2. The molecule has 4 nitrogen and oxygen atoms in total. The van der Waals surface area contributed by atoms with Crippen LogP contribution in [0.4, 0.5) is 0 Å². The number of hydrogen-bond acceptors (Lipinski definition) is 3. The van der Waals surface area contributed by atoms with Crippen LogP contribution in [0.2, 0.25) is 10.0 Å². The van der Waals surface area contributed by atoms with Gasteiger partial charge in [-0.2, -0.15) is 0 Å². The van der Waals surface area contributed by atoms with Crippen LogP contribution >= 0.6 is 23.2 Å². The van der Waals surface area contributed by atoms with Crippen LogP contribution in [0.25, 0.3) is 11.3 Å². The second kappa shape index (κ2) is 7.49. The second-order valence-electron chi connectivity index (χ2n) is 5.12. The minimum absolute atomic E-state index is 0.104. The Morgan fingerprint density at radius 2 is 1.80 bits per heavy atom. The standard InChI is InChI=1S/C18H11AsCl2O4/c20-11-4-5-12(15(21)9-11)17(22)19-14-6-3-10(8-13(14)18(23)24)16-2-1-7-25-16/h1-9,19H,(H,23,24). The zero-order valence-electron chi connectivity index (χ0n) is 12.6. The number of hydrogen-bond donors (Lipinski definition) is 1. The van der Waals surface area contributed by atoms with Crippen molar-refractivity contribution >= 4 is 53.8 Å². The molecule has 0 saturated heterocycles. The second-order valence-corrected chi connectivity index (χ2v) is 8.57. The van der Waals surface area contributed by atoms with Gasteiger partial charge in [-0.25, -0.2) is 0 Å². The minimum atomic E-state index is -1.40. The molecule has 126 valence electrons. The van der Waals surface area contributed by atoms with E-state index in [-0.39, 0.29) is 15.2 Å². The summed E-state index contributed by atoms with van der Waals surface area (Å²) < 4.78 is 5.66. The summed E-state index contributed by atoms with van der Waals surface area (Å²) >= 11 is 10.5. The Balaban J connectivity index is 1.94. The predicted octanol–water partition coefficient (Wildman–Crippen LogP) is 3.85. The van der Waals surface area contributed by atoms with Gasteiger partial charge in [-0.3, -0.25) is 0 Å². The van der Waals surface area contributed by atoms with Crippen LogP contribution in [0.5, 0.6) is 0 Å². The Hall–Kier alpha value is -2.00. The summed E-state index contributed by atoms with van der Waals surface area (Å²) in [5, 5.41) is 10.2. The molecule has 0 aliphatic rings. The molecule has 1 N–H and O–H groups in total. The fourth-order valence-electron chi connectivity index (χ4n) is 2.29. The Morgan fingerprint density at radius 1 is 1.00 bits per heavy atom. The van der Waals surface area contributed by atoms with Crippen LogP contribution in [-0.2, 0) is 0 Å². The quantitative estimate of drug-likeness (QED) is 0.616. The molecule has 0 spiro atoms. The molecule has 7 heteroatoms. The summed E-state index contributed by atoms with van der Waals surface area (Å²) in [4.78, 5) is 24.2. The number of carboxylic acid groups (broad SMARTS) is 1. The van der Waals surface area contributed by atoms with Crippen molar-refractivity contribution in [2.24, 2.45) is 0 Å². The van der Waals surface area contributed by atoms with Crippen molar-refractivity contribution in [2.75, 3.05) is 0 Å². The van der Waals surface area contributed by atoms with Crippen molar-refractivity contribution in [1.82, 2.24) is 0 Å². The van der Waals surface area contributed by atoms with E-state index in [1.54, 1.807) is 36.4 Å². The van der Waals surface area contributed by atoms with Gasteiger partial charge >= 0.3 is 160 Å². The summed E-state index contributed by atoms with van der Waals surface area (Å²) in [6.07, 6.45) is 1.52. The molecule has 0 aliphatic carbocycles. The molecule has 0 radical (unpaired) electrons. The summed E-state index contributed by atoms with van der Waals surface area (Å²) in [6.45, 7) is 0. The number of rotatable bonds is 5. The first-order chi connectivity index (χ1) is 12.0. The number of carbonyl (C=O) groups excluding carboxylic acids is 1. The first-order valence-corrected chi connectivity index (χ1v) is 9.99. The Labute approximate surface area is 160 Å². The van der Waals surface area contributed by atoms with Gasteiger partial charge < -0.3 is 0 Å². The fourth-order valence-corrected chi connectivity index (χ4v) is 5.21. The maximum atomic E-state index is 12.6. The molecule has 1 heterocycles. The average molecular weight is 437 g/mol. The van der Waals surface area contributed by atoms with E-state index in [1.807, 2.05) is 0 Å². The molecule has 0 fully saturated rings. The first kappa shape index (κ1) is 17.8. The topological polar surface area (TPSA) is 67.5 Å². The van der Waals surface area contributed by atoms with Crippen molar-refractivity contribution in [1.29, 1.82) is 0 Å². The molecule has 1 atom stereocenters. The van der Waals surface area contributed by atoms with E-state index in [0.717, 1.165) is 0 Å². The molecule has 0 saturated carbocycles. The number of halogens is 2. The van der Waals surface area contributed by atoms with Gasteiger partial charge in [-0.05, 0) is 0 Å². The van der Waals surface area contributed by atoms with E-state index in [9.17, 15) is 14.7 Å². The first-order valence-electron chi connectivity index (χ1n) is 7.13. The molecule has 1 aromatic heterocycles. The van der Waals surface area contributed by atoms with E-state index in [0.29, 0.717) is 26.3 Å². The monoisotopic (exact) mass is 436 g/mol. The predicted molar refractivity (Wildman–Crippen MR) is 98.7 cm³/mol. The molecular weight excluding hydrogens is 426 g/mol. The Kier molecular flexibility index (Phi) is 5.33. The van der Waals surface area contributed by atoms with Crippen LogP contribution in [0.1, 0.15) is 20.7 Å². The molecular formula is C18H11AsCl2O4. The molecule has 0 bridgehead atoms. The van der Waals surface area contributed by atoms with Crippen LogP contribution in [-0.4, -0.2) is 31.4 Å². The van der Waals surface area contributed by atoms with E-state index in [2.05, 4.69) is 0 Å². The Morgan fingerprint density at radius 3 is 2.44 bits per heavy atom. The van der Waals surface area contributed by atoms with Crippen molar-refractivity contribution in [3.8, 4) is 11.3 Å². The SMILES string of the molecule is O=C([AsH]c1ccc(-c2ccco2)cc1C(=O)O)c1ccc(Cl)cc1Cl. The van der Waals surface area contributed by atoms with Gasteiger partial charge in [0.05, 0.1) is 0 Å². The van der Waals surface area contributed by atoms with E-state index < -0.39 is 21.7 Å². The number of furan rings is 1.